The highest BCUT2D eigenvalue weighted by Crippen LogP contribution is 2.12. The summed E-state index contributed by atoms with van der Waals surface area (Å²) in [6.07, 6.45) is 8.15. The Bertz CT molecular complexity index is 299. The number of ketones is 1. The number of Topliss-reactive ketones (excluding diaryl/α,β-unsaturated/α-hetero) is 1. The first kappa shape index (κ1) is 12.0. The van der Waals surface area contributed by atoms with E-state index < -0.39 is 0 Å². The van der Waals surface area contributed by atoms with E-state index in [-0.39, 0.29) is 5.78 Å². The van der Waals surface area contributed by atoms with E-state index in [9.17, 15) is 4.79 Å². The summed E-state index contributed by atoms with van der Waals surface area (Å²) in [6.45, 7) is 4.05. The molecule has 2 nitrogen and oxygen atoms in total. The van der Waals surface area contributed by atoms with Crippen molar-refractivity contribution in [3.05, 3.63) is 23.7 Å². The summed E-state index contributed by atoms with van der Waals surface area (Å²) in [4.78, 5) is 11.6. The number of rotatable bonds is 7. The second-order valence-corrected chi connectivity index (χ2v) is 4.03. The minimum atomic E-state index is 0.211. The molecule has 0 N–H and O–H groups in total. The zero-order valence-corrected chi connectivity index (χ0v) is 9.71. The van der Waals surface area contributed by atoms with Gasteiger partial charge in [-0.15, -0.1) is 0 Å². The number of furan rings is 1. The van der Waals surface area contributed by atoms with Crippen LogP contribution in [-0.2, 0) is 0 Å². The maximum Gasteiger partial charge on any atom is 0.166 e. The van der Waals surface area contributed by atoms with Crippen molar-refractivity contribution >= 4 is 5.78 Å². The lowest BCUT2D eigenvalue weighted by Crippen LogP contribution is -1.96. The van der Waals surface area contributed by atoms with E-state index in [4.69, 9.17) is 4.42 Å². The first-order valence-electron chi connectivity index (χ1n) is 5.82. The van der Waals surface area contributed by atoms with Gasteiger partial charge in [0.2, 0.25) is 0 Å². The Morgan fingerprint density at radius 2 is 2.00 bits per heavy atom. The van der Waals surface area contributed by atoms with Crippen LogP contribution in [0, 0.1) is 6.92 Å². The summed E-state index contributed by atoms with van der Waals surface area (Å²) >= 11 is 0. The van der Waals surface area contributed by atoms with Crippen molar-refractivity contribution < 1.29 is 9.21 Å². The van der Waals surface area contributed by atoms with Gasteiger partial charge in [0, 0.05) is 6.42 Å². The SMILES string of the molecule is CCCCCCCC(=O)c1coc(C)c1. The monoisotopic (exact) mass is 208 g/mol. The van der Waals surface area contributed by atoms with Gasteiger partial charge in [-0.25, -0.2) is 0 Å². The highest BCUT2D eigenvalue weighted by molar-refractivity contribution is 5.95. The van der Waals surface area contributed by atoms with Gasteiger partial charge < -0.3 is 4.42 Å². The molecule has 0 saturated carbocycles. The van der Waals surface area contributed by atoms with E-state index in [1.54, 1.807) is 6.26 Å². The van der Waals surface area contributed by atoms with E-state index in [0.717, 1.165) is 24.2 Å². The maximum absolute atomic E-state index is 11.6. The Morgan fingerprint density at radius 3 is 2.60 bits per heavy atom. The molecule has 1 heterocycles. The average Bonchev–Trinajstić information content (AvgIpc) is 2.64. The smallest absolute Gasteiger partial charge is 0.166 e. The fourth-order valence-electron chi connectivity index (χ4n) is 1.62. The average molecular weight is 208 g/mol. The van der Waals surface area contributed by atoms with Crippen LogP contribution in [0.4, 0.5) is 0 Å². The first-order valence-corrected chi connectivity index (χ1v) is 5.82. The molecule has 0 aliphatic heterocycles. The molecule has 0 bridgehead atoms. The fraction of sp³-hybridized carbons (Fsp3) is 0.615. The van der Waals surface area contributed by atoms with Crippen molar-refractivity contribution in [3.63, 3.8) is 0 Å². The van der Waals surface area contributed by atoms with Crippen molar-refractivity contribution in [2.75, 3.05) is 0 Å². The zero-order chi connectivity index (χ0) is 11.1. The molecule has 2 heteroatoms. The van der Waals surface area contributed by atoms with Crippen molar-refractivity contribution in [1.82, 2.24) is 0 Å². The molecule has 1 rings (SSSR count). The summed E-state index contributed by atoms with van der Waals surface area (Å²) in [7, 11) is 0. The first-order chi connectivity index (χ1) is 7.24. The lowest BCUT2D eigenvalue weighted by atomic mass is 10.1. The molecule has 0 fully saturated rings. The molecular formula is C13H20O2. The Hall–Kier alpha value is -1.05. The van der Waals surface area contributed by atoms with Crippen LogP contribution in [0.1, 0.15) is 61.6 Å². The van der Waals surface area contributed by atoms with Crippen LogP contribution in [0.25, 0.3) is 0 Å². The molecule has 0 radical (unpaired) electrons. The lowest BCUT2D eigenvalue weighted by molar-refractivity contribution is 0.0978. The Morgan fingerprint density at radius 1 is 1.27 bits per heavy atom. The molecule has 0 spiro atoms. The third-order valence-corrected chi connectivity index (χ3v) is 2.56. The second kappa shape index (κ2) is 6.44. The van der Waals surface area contributed by atoms with Gasteiger partial charge in [0.1, 0.15) is 12.0 Å². The molecule has 84 valence electrons. The molecule has 0 aliphatic rings. The lowest BCUT2D eigenvalue weighted by Gasteiger charge is -1.98. The Kier molecular flexibility index (Phi) is 5.16. The Balaban J connectivity index is 2.19. The molecule has 0 saturated heterocycles. The summed E-state index contributed by atoms with van der Waals surface area (Å²) in [5.74, 6) is 1.02. The van der Waals surface area contributed by atoms with Gasteiger partial charge in [-0.3, -0.25) is 4.79 Å². The number of unbranched alkanes of at least 4 members (excludes halogenated alkanes) is 4. The van der Waals surface area contributed by atoms with Crippen LogP contribution in [0.3, 0.4) is 0 Å². The molecule has 1 aromatic heterocycles. The summed E-state index contributed by atoms with van der Waals surface area (Å²) in [5, 5.41) is 0. The Labute approximate surface area is 91.7 Å². The van der Waals surface area contributed by atoms with E-state index in [2.05, 4.69) is 6.92 Å². The minimum absolute atomic E-state index is 0.211. The van der Waals surface area contributed by atoms with Crippen molar-refractivity contribution in [2.45, 2.75) is 52.4 Å². The van der Waals surface area contributed by atoms with Gasteiger partial charge in [0.05, 0.1) is 5.56 Å². The molecular weight excluding hydrogens is 188 g/mol. The molecule has 15 heavy (non-hydrogen) atoms. The minimum Gasteiger partial charge on any atom is -0.469 e. The fourth-order valence-corrected chi connectivity index (χ4v) is 1.62. The van der Waals surface area contributed by atoms with E-state index in [1.807, 2.05) is 13.0 Å². The maximum atomic E-state index is 11.6. The van der Waals surface area contributed by atoms with Gasteiger partial charge in [-0.1, -0.05) is 32.6 Å². The molecule has 0 aliphatic carbocycles. The highest BCUT2D eigenvalue weighted by Gasteiger charge is 2.07. The zero-order valence-electron chi connectivity index (χ0n) is 9.71. The van der Waals surface area contributed by atoms with Gasteiger partial charge in [-0.2, -0.15) is 0 Å². The van der Waals surface area contributed by atoms with Crippen LogP contribution < -0.4 is 0 Å². The van der Waals surface area contributed by atoms with Crippen LogP contribution in [-0.4, -0.2) is 5.78 Å². The van der Waals surface area contributed by atoms with Crippen LogP contribution >= 0.6 is 0 Å². The van der Waals surface area contributed by atoms with Crippen molar-refractivity contribution in [1.29, 1.82) is 0 Å². The number of carbonyl (C=O) groups excluding carboxylic acids is 1. The van der Waals surface area contributed by atoms with Gasteiger partial charge in [-0.05, 0) is 19.4 Å². The third kappa shape index (κ3) is 4.32. The standard InChI is InChI=1S/C13H20O2/c1-3-4-5-6-7-8-13(14)12-9-11(2)15-10-12/h9-10H,3-8H2,1-2H3. The van der Waals surface area contributed by atoms with Gasteiger partial charge in [0.15, 0.2) is 5.78 Å². The molecule has 1 aromatic rings. The van der Waals surface area contributed by atoms with Gasteiger partial charge in [0.25, 0.3) is 0 Å². The van der Waals surface area contributed by atoms with Crippen molar-refractivity contribution in [3.8, 4) is 0 Å². The van der Waals surface area contributed by atoms with E-state index in [0.29, 0.717) is 6.42 Å². The van der Waals surface area contributed by atoms with Crippen LogP contribution in [0.15, 0.2) is 16.7 Å². The van der Waals surface area contributed by atoms with Gasteiger partial charge >= 0.3 is 0 Å². The summed E-state index contributed by atoms with van der Waals surface area (Å²) < 4.78 is 5.11. The third-order valence-electron chi connectivity index (χ3n) is 2.56. The quantitative estimate of drug-likeness (QED) is 0.498. The normalized spacial score (nSPS) is 10.5. The molecule has 0 amide bonds. The van der Waals surface area contributed by atoms with E-state index in [1.165, 1.54) is 19.3 Å². The van der Waals surface area contributed by atoms with E-state index >= 15 is 0 Å². The van der Waals surface area contributed by atoms with Crippen molar-refractivity contribution in [2.24, 2.45) is 0 Å². The topological polar surface area (TPSA) is 30.2 Å². The number of hydrogen-bond acceptors (Lipinski definition) is 2. The highest BCUT2D eigenvalue weighted by atomic mass is 16.3. The summed E-state index contributed by atoms with van der Waals surface area (Å²) in [5.41, 5.74) is 0.725. The number of aryl methyl sites for hydroxylation is 1. The van der Waals surface area contributed by atoms with Crippen LogP contribution in [0.2, 0.25) is 0 Å². The second-order valence-electron chi connectivity index (χ2n) is 4.03. The largest absolute Gasteiger partial charge is 0.469 e. The number of hydrogen-bond donors (Lipinski definition) is 0. The van der Waals surface area contributed by atoms with Crippen LogP contribution in [0.5, 0.6) is 0 Å². The molecule has 0 unspecified atom stereocenters. The predicted octanol–water partition coefficient (Wildman–Crippen LogP) is 4.13. The molecule has 0 atom stereocenters. The molecule has 0 aromatic carbocycles. The summed E-state index contributed by atoms with van der Waals surface area (Å²) in [6, 6.07) is 1.81. The predicted molar refractivity (Wildman–Crippen MR) is 61.2 cm³/mol. The number of carbonyl (C=O) groups is 1.